The molecule has 0 spiro atoms. The molecule has 0 unspecified atom stereocenters. The predicted octanol–water partition coefficient (Wildman–Crippen LogP) is 4.75. The van der Waals surface area contributed by atoms with Crippen molar-refractivity contribution in [2.45, 2.75) is 13.0 Å². The van der Waals surface area contributed by atoms with Crippen LogP contribution in [0, 0.1) is 0 Å². The number of carbonyl (C=O) groups excluding carboxylic acids is 1. The summed E-state index contributed by atoms with van der Waals surface area (Å²) in [4.78, 5) is 25.2. The molecule has 4 rings (SSSR count). The molecular formula is C23H18ClN3O2. The van der Waals surface area contributed by atoms with Crippen LogP contribution in [0.15, 0.2) is 83.7 Å². The van der Waals surface area contributed by atoms with Crippen LogP contribution in [0.5, 0.6) is 0 Å². The second kappa shape index (κ2) is 8.29. The molecule has 0 radical (unpaired) electrons. The van der Waals surface area contributed by atoms with E-state index in [1.54, 1.807) is 30.3 Å². The van der Waals surface area contributed by atoms with Crippen molar-refractivity contribution < 1.29 is 4.79 Å². The van der Waals surface area contributed by atoms with Crippen molar-refractivity contribution in [2.24, 2.45) is 0 Å². The van der Waals surface area contributed by atoms with Crippen LogP contribution < -0.4 is 10.9 Å². The number of aromatic nitrogens is 2. The molecule has 1 amide bonds. The molecule has 0 fully saturated rings. The zero-order valence-electron chi connectivity index (χ0n) is 15.5. The minimum absolute atomic E-state index is 0.117. The summed E-state index contributed by atoms with van der Waals surface area (Å²) in [5.41, 5.74) is 2.04. The van der Waals surface area contributed by atoms with Gasteiger partial charge in [0, 0.05) is 28.1 Å². The molecule has 1 heterocycles. The van der Waals surface area contributed by atoms with Crippen LogP contribution in [0.1, 0.15) is 6.42 Å². The van der Waals surface area contributed by atoms with Gasteiger partial charge in [-0.25, -0.2) is 4.68 Å². The second-order valence-electron chi connectivity index (χ2n) is 6.60. The SMILES string of the molecule is O=C(CCn1nc(-c2ccccc2)c2ccccc2c1=O)Nc1cccc(Cl)c1. The standard InChI is InChI=1S/C23H18ClN3O2/c24-17-9-6-10-18(15-17)25-21(28)13-14-27-23(29)20-12-5-4-11-19(20)22(26-27)16-7-2-1-3-8-16/h1-12,15H,13-14H2,(H,25,28). The Morgan fingerprint density at radius 3 is 2.41 bits per heavy atom. The molecule has 0 aliphatic carbocycles. The molecule has 0 aliphatic rings. The van der Waals surface area contributed by atoms with Gasteiger partial charge in [0.25, 0.3) is 5.56 Å². The Balaban J connectivity index is 1.63. The molecule has 0 bridgehead atoms. The maximum absolute atomic E-state index is 12.9. The third kappa shape index (κ3) is 4.20. The maximum Gasteiger partial charge on any atom is 0.274 e. The van der Waals surface area contributed by atoms with Gasteiger partial charge in [0.2, 0.25) is 5.91 Å². The monoisotopic (exact) mass is 403 g/mol. The average molecular weight is 404 g/mol. The number of hydrogen-bond donors (Lipinski definition) is 1. The van der Waals surface area contributed by atoms with E-state index in [1.165, 1.54) is 4.68 Å². The molecule has 0 saturated carbocycles. The van der Waals surface area contributed by atoms with Crippen molar-refractivity contribution >= 4 is 34.0 Å². The number of aryl methyl sites for hydroxylation is 1. The van der Waals surface area contributed by atoms with Crippen molar-refractivity contribution in [3.05, 3.63) is 94.2 Å². The van der Waals surface area contributed by atoms with E-state index in [-0.39, 0.29) is 24.4 Å². The zero-order valence-corrected chi connectivity index (χ0v) is 16.3. The molecule has 1 aromatic heterocycles. The van der Waals surface area contributed by atoms with Gasteiger partial charge >= 0.3 is 0 Å². The highest BCUT2D eigenvalue weighted by molar-refractivity contribution is 6.30. The highest BCUT2D eigenvalue weighted by Crippen LogP contribution is 2.24. The van der Waals surface area contributed by atoms with Gasteiger partial charge in [-0.1, -0.05) is 66.2 Å². The third-order valence-corrected chi connectivity index (χ3v) is 4.81. The Labute approximate surface area is 172 Å². The number of rotatable bonds is 5. The van der Waals surface area contributed by atoms with Crippen LogP contribution in [0.2, 0.25) is 5.02 Å². The molecule has 0 aliphatic heterocycles. The number of nitrogens with zero attached hydrogens (tertiary/aromatic N) is 2. The van der Waals surface area contributed by atoms with Gasteiger partial charge in [-0.15, -0.1) is 0 Å². The number of halogens is 1. The summed E-state index contributed by atoms with van der Waals surface area (Å²) in [6, 6.07) is 24.0. The normalized spacial score (nSPS) is 10.8. The lowest BCUT2D eigenvalue weighted by atomic mass is 10.1. The lowest BCUT2D eigenvalue weighted by Gasteiger charge is -2.11. The number of carbonyl (C=O) groups is 1. The Morgan fingerprint density at radius 2 is 1.66 bits per heavy atom. The Bertz CT molecular complexity index is 1240. The minimum atomic E-state index is -0.213. The van der Waals surface area contributed by atoms with Gasteiger partial charge in [-0.3, -0.25) is 9.59 Å². The first kappa shape index (κ1) is 18.9. The van der Waals surface area contributed by atoms with E-state index >= 15 is 0 Å². The smallest absolute Gasteiger partial charge is 0.274 e. The van der Waals surface area contributed by atoms with Crippen molar-refractivity contribution in [3.63, 3.8) is 0 Å². The van der Waals surface area contributed by atoms with E-state index in [4.69, 9.17) is 11.6 Å². The van der Waals surface area contributed by atoms with Gasteiger partial charge < -0.3 is 5.32 Å². The van der Waals surface area contributed by atoms with Gasteiger partial charge in [0.15, 0.2) is 0 Å². The second-order valence-corrected chi connectivity index (χ2v) is 7.03. The van der Waals surface area contributed by atoms with Crippen LogP contribution in [-0.2, 0) is 11.3 Å². The topological polar surface area (TPSA) is 64.0 Å². The van der Waals surface area contributed by atoms with Gasteiger partial charge in [-0.2, -0.15) is 5.10 Å². The molecule has 1 N–H and O–H groups in total. The lowest BCUT2D eigenvalue weighted by Crippen LogP contribution is -2.26. The fourth-order valence-electron chi connectivity index (χ4n) is 3.19. The van der Waals surface area contributed by atoms with Crippen molar-refractivity contribution in [3.8, 4) is 11.3 Å². The summed E-state index contributed by atoms with van der Waals surface area (Å²) >= 11 is 5.95. The summed E-state index contributed by atoms with van der Waals surface area (Å²) < 4.78 is 1.36. The van der Waals surface area contributed by atoms with E-state index in [9.17, 15) is 9.59 Å². The molecule has 6 heteroatoms. The number of amides is 1. The number of hydrogen-bond acceptors (Lipinski definition) is 3. The Morgan fingerprint density at radius 1 is 0.931 bits per heavy atom. The van der Waals surface area contributed by atoms with E-state index < -0.39 is 0 Å². The molecule has 4 aromatic rings. The largest absolute Gasteiger partial charge is 0.326 e. The molecule has 0 saturated heterocycles. The molecule has 3 aromatic carbocycles. The fourth-order valence-corrected chi connectivity index (χ4v) is 3.38. The zero-order chi connectivity index (χ0) is 20.2. The average Bonchev–Trinajstić information content (AvgIpc) is 2.74. The predicted molar refractivity (Wildman–Crippen MR) is 116 cm³/mol. The van der Waals surface area contributed by atoms with Crippen molar-refractivity contribution in [1.82, 2.24) is 9.78 Å². The summed E-state index contributed by atoms with van der Waals surface area (Å²) in [7, 11) is 0. The van der Waals surface area contributed by atoms with Gasteiger partial charge in [0.1, 0.15) is 0 Å². The molecule has 144 valence electrons. The Hall–Kier alpha value is -3.44. The Kier molecular flexibility index (Phi) is 5.40. The number of nitrogens with one attached hydrogen (secondary N) is 1. The highest BCUT2D eigenvalue weighted by Gasteiger charge is 2.13. The lowest BCUT2D eigenvalue weighted by molar-refractivity contribution is -0.116. The molecular weight excluding hydrogens is 386 g/mol. The summed E-state index contributed by atoms with van der Waals surface area (Å²) in [5, 5.41) is 9.28. The van der Waals surface area contributed by atoms with Crippen molar-refractivity contribution in [1.29, 1.82) is 0 Å². The first-order chi connectivity index (χ1) is 14.1. The van der Waals surface area contributed by atoms with Crippen LogP contribution in [-0.4, -0.2) is 15.7 Å². The number of anilines is 1. The van der Waals surface area contributed by atoms with E-state index in [0.29, 0.717) is 16.1 Å². The van der Waals surface area contributed by atoms with E-state index in [2.05, 4.69) is 10.4 Å². The van der Waals surface area contributed by atoms with E-state index in [1.807, 2.05) is 48.5 Å². The highest BCUT2D eigenvalue weighted by atomic mass is 35.5. The van der Waals surface area contributed by atoms with Gasteiger partial charge in [0.05, 0.1) is 17.6 Å². The molecule has 5 nitrogen and oxygen atoms in total. The van der Waals surface area contributed by atoms with Gasteiger partial charge in [-0.05, 0) is 24.3 Å². The first-order valence-corrected chi connectivity index (χ1v) is 9.60. The van der Waals surface area contributed by atoms with Crippen LogP contribution in [0.4, 0.5) is 5.69 Å². The fraction of sp³-hybridized carbons (Fsp3) is 0.0870. The van der Waals surface area contributed by atoms with Crippen LogP contribution in [0.25, 0.3) is 22.0 Å². The number of benzene rings is 3. The summed E-state index contributed by atoms with van der Waals surface area (Å²) in [6.45, 7) is 0.176. The quantitative estimate of drug-likeness (QED) is 0.523. The minimum Gasteiger partial charge on any atom is -0.326 e. The molecule has 0 atom stereocenters. The number of fused-ring (bicyclic) bond motifs is 1. The summed E-state index contributed by atoms with van der Waals surface area (Å²) in [6.07, 6.45) is 0.117. The molecule has 29 heavy (non-hydrogen) atoms. The first-order valence-electron chi connectivity index (χ1n) is 9.22. The maximum atomic E-state index is 12.9. The van der Waals surface area contributed by atoms with Crippen LogP contribution in [0.3, 0.4) is 0 Å². The van der Waals surface area contributed by atoms with Crippen molar-refractivity contribution in [2.75, 3.05) is 5.32 Å². The van der Waals surface area contributed by atoms with Crippen LogP contribution >= 0.6 is 11.6 Å². The van der Waals surface area contributed by atoms with E-state index in [0.717, 1.165) is 16.6 Å². The summed E-state index contributed by atoms with van der Waals surface area (Å²) in [5.74, 6) is -0.213. The third-order valence-electron chi connectivity index (χ3n) is 4.57.